The smallest absolute Gasteiger partial charge is 0.255 e. The summed E-state index contributed by atoms with van der Waals surface area (Å²) in [7, 11) is 0. The first-order chi connectivity index (χ1) is 15.8. The van der Waals surface area contributed by atoms with Gasteiger partial charge in [-0.2, -0.15) is 0 Å². The number of amides is 2. The lowest BCUT2D eigenvalue weighted by atomic mass is 9.87. The highest BCUT2D eigenvalue weighted by Gasteiger charge is 2.14. The number of fused-ring (bicyclic) bond motifs is 1. The van der Waals surface area contributed by atoms with E-state index in [1.807, 2.05) is 66.7 Å². The molecule has 0 saturated carbocycles. The van der Waals surface area contributed by atoms with Crippen molar-refractivity contribution in [1.29, 1.82) is 0 Å². The molecule has 0 aliphatic rings. The first-order valence-corrected chi connectivity index (χ1v) is 10.9. The van der Waals surface area contributed by atoms with Crippen LogP contribution in [0.25, 0.3) is 10.9 Å². The number of nitrogens with one attached hydrogen (secondary N) is 2. The van der Waals surface area contributed by atoms with E-state index in [1.54, 1.807) is 18.3 Å². The molecule has 2 amide bonds. The van der Waals surface area contributed by atoms with Crippen LogP contribution in [0.4, 0.5) is 5.69 Å². The molecule has 0 atom stereocenters. The zero-order valence-corrected chi connectivity index (χ0v) is 19.1. The molecule has 0 unspecified atom stereocenters. The minimum atomic E-state index is -0.206. The van der Waals surface area contributed by atoms with Gasteiger partial charge in [-0.1, -0.05) is 63.2 Å². The molecule has 5 heteroatoms. The summed E-state index contributed by atoms with van der Waals surface area (Å²) in [4.78, 5) is 29.6. The lowest BCUT2D eigenvalue weighted by molar-refractivity contribution is 0.0949. The maximum Gasteiger partial charge on any atom is 0.255 e. The predicted molar refractivity (Wildman–Crippen MR) is 132 cm³/mol. The molecule has 0 aliphatic carbocycles. The molecule has 4 aromatic rings. The van der Waals surface area contributed by atoms with Crippen molar-refractivity contribution in [3.05, 3.63) is 107 Å². The monoisotopic (exact) mass is 437 g/mol. The van der Waals surface area contributed by atoms with E-state index >= 15 is 0 Å². The first-order valence-electron chi connectivity index (χ1n) is 10.9. The summed E-state index contributed by atoms with van der Waals surface area (Å²) in [5.41, 5.74) is 4.74. The number of benzene rings is 3. The van der Waals surface area contributed by atoms with Gasteiger partial charge in [-0.05, 0) is 52.9 Å². The number of rotatable bonds is 5. The van der Waals surface area contributed by atoms with Crippen LogP contribution in [0.15, 0.2) is 85.1 Å². The van der Waals surface area contributed by atoms with Gasteiger partial charge in [-0.3, -0.25) is 14.6 Å². The van der Waals surface area contributed by atoms with Crippen molar-refractivity contribution in [2.75, 3.05) is 5.32 Å². The number of pyridine rings is 1. The van der Waals surface area contributed by atoms with Crippen molar-refractivity contribution in [2.45, 2.75) is 32.7 Å². The Hall–Kier alpha value is -3.99. The molecule has 0 bridgehead atoms. The third kappa shape index (κ3) is 5.26. The zero-order valence-electron chi connectivity index (χ0n) is 19.1. The Bertz CT molecular complexity index is 1280. The number of hydrogen-bond donors (Lipinski definition) is 2. The molecule has 33 heavy (non-hydrogen) atoms. The fourth-order valence-electron chi connectivity index (χ4n) is 3.58. The van der Waals surface area contributed by atoms with Gasteiger partial charge in [0.25, 0.3) is 11.8 Å². The minimum absolute atomic E-state index is 0.0488. The Balaban J connectivity index is 1.37. The summed E-state index contributed by atoms with van der Waals surface area (Å²) in [6.07, 6.45) is 1.71. The molecule has 0 aliphatic heterocycles. The lowest BCUT2D eigenvalue weighted by Gasteiger charge is -2.19. The highest BCUT2D eigenvalue weighted by atomic mass is 16.2. The summed E-state index contributed by atoms with van der Waals surface area (Å²) in [5.74, 6) is -0.330. The van der Waals surface area contributed by atoms with Crippen molar-refractivity contribution in [1.82, 2.24) is 10.3 Å². The summed E-state index contributed by atoms with van der Waals surface area (Å²) < 4.78 is 0. The van der Waals surface area contributed by atoms with Crippen LogP contribution < -0.4 is 10.6 Å². The second kappa shape index (κ2) is 9.25. The molecule has 5 nitrogen and oxygen atoms in total. The average Bonchev–Trinajstić information content (AvgIpc) is 2.82. The normalized spacial score (nSPS) is 11.2. The number of para-hydroxylation sites is 1. The molecule has 1 heterocycles. The standard InChI is InChI=1S/C28H27N3O2/c1-28(2,3)23-15-13-21(14-16-23)26(32)30-18-19-9-11-22(12-10-19)27(33)31-24-8-4-6-20-7-5-17-29-25(20)24/h4-17H,18H2,1-3H3,(H,30,32)(H,31,33). The van der Waals surface area contributed by atoms with E-state index in [-0.39, 0.29) is 17.2 Å². The molecule has 0 saturated heterocycles. The lowest BCUT2D eigenvalue weighted by Crippen LogP contribution is -2.23. The van der Waals surface area contributed by atoms with Gasteiger partial charge < -0.3 is 10.6 Å². The molecular weight excluding hydrogens is 410 g/mol. The number of aromatic nitrogens is 1. The Morgan fingerprint density at radius 2 is 1.42 bits per heavy atom. The van der Waals surface area contributed by atoms with Gasteiger partial charge in [-0.15, -0.1) is 0 Å². The van der Waals surface area contributed by atoms with E-state index in [4.69, 9.17) is 0 Å². The third-order valence-electron chi connectivity index (χ3n) is 5.56. The van der Waals surface area contributed by atoms with Crippen LogP contribution in [-0.2, 0) is 12.0 Å². The Morgan fingerprint density at radius 3 is 2.12 bits per heavy atom. The van der Waals surface area contributed by atoms with Crippen molar-refractivity contribution < 1.29 is 9.59 Å². The van der Waals surface area contributed by atoms with Gasteiger partial charge in [0.2, 0.25) is 0 Å². The Kier molecular flexibility index (Phi) is 6.22. The summed E-state index contributed by atoms with van der Waals surface area (Å²) in [6.45, 7) is 6.82. The molecule has 0 radical (unpaired) electrons. The first kappa shape index (κ1) is 22.2. The van der Waals surface area contributed by atoms with E-state index in [0.717, 1.165) is 16.5 Å². The third-order valence-corrected chi connectivity index (χ3v) is 5.56. The maximum absolute atomic E-state index is 12.7. The average molecular weight is 438 g/mol. The van der Waals surface area contributed by atoms with Crippen LogP contribution in [0, 0.1) is 0 Å². The number of carbonyl (C=O) groups is 2. The summed E-state index contributed by atoms with van der Waals surface area (Å²) >= 11 is 0. The fraction of sp³-hybridized carbons (Fsp3) is 0.179. The molecule has 1 aromatic heterocycles. The van der Waals surface area contributed by atoms with Crippen LogP contribution in [0.3, 0.4) is 0 Å². The molecule has 0 fully saturated rings. The van der Waals surface area contributed by atoms with Crippen LogP contribution in [0.5, 0.6) is 0 Å². The second-order valence-electron chi connectivity index (χ2n) is 9.04. The number of nitrogens with zero attached hydrogens (tertiary/aromatic N) is 1. The topological polar surface area (TPSA) is 71.1 Å². The summed E-state index contributed by atoms with van der Waals surface area (Å²) in [5, 5.41) is 6.84. The number of hydrogen-bond acceptors (Lipinski definition) is 3. The molecule has 4 rings (SSSR count). The molecule has 0 spiro atoms. The summed E-state index contributed by atoms with van der Waals surface area (Å²) in [6, 6.07) is 24.4. The van der Waals surface area contributed by atoms with Gasteiger partial charge in [0.1, 0.15) is 0 Å². The molecular formula is C28H27N3O2. The molecule has 166 valence electrons. The van der Waals surface area contributed by atoms with Gasteiger partial charge in [0.15, 0.2) is 0 Å². The highest BCUT2D eigenvalue weighted by molar-refractivity contribution is 6.08. The van der Waals surface area contributed by atoms with Crippen molar-refractivity contribution >= 4 is 28.4 Å². The van der Waals surface area contributed by atoms with Crippen LogP contribution in [0.1, 0.15) is 52.6 Å². The van der Waals surface area contributed by atoms with Crippen LogP contribution in [-0.4, -0.2) is 16.8 Å². The van der Waals surface area contributed by atoms with Gasteiger partial charge in [0.05, 0.1) is 11.2 Å². The Labute approximate surface area is 193 Å². The highest BCUT2D eigenvalue weighted by Crippen LogP contribution is 2.23. The van der Waals surface area contributed by atoms with Crippen molar-refractivity contribution in [2.24, 2.45) is 0 Å². The van der Waals surface area contributed by atoms with Gasteiger partial charge >= 0.3 is 0 Å². The van der Waals surface area contributed by atoms with Gasteiger partial charge in [-0.25, -0.2) is 0 Å². The molecule has 2 N–H and O–H groups in total. The fourth-order valence-corrected chi connectivity index (χ4v) is 3.58. The van der Waals surface area contributed by atoms with E-state index in [9.17, 15) is 9.59 Å². The quantitative estimate of drug-likeness (QED) is 0.420. The van der Waals surface area contributed by atoms with E-state index in [1.165, 1.54) is 5.56 Å². The van der Waals surface area contributed by atoms with Crippen molar-refractivity contribution in [3.8, 4) is 0 Å². The SMILES string of the molecule is CC(C)(C)c1ccc(C(=O)NCc2ccc(C(=O)Nc3cccc4cccnc34)cc2)cc1. The van der Waals surface area contributed by atoms with E-state index in [0.29, 0.717) is 23.4 Å². The largest absolute Gasteiger partial charge is 0.348 e. The van der Waals surface area contributed by atoms with Gasteiger partial charge in [0, 0.05) is 29.3 Å². The minimum Gasteiger partial charge on any atom is -0.348 e. The molecule has 3 aromatic carbocycles. The zero-order chi connectivity index (χ0) is 23.4. The van der Waals surface area contributed by atoms with Crippen LogP contribution in [0.2, 0.25) is 0 Å². The second-order valence-corrected chi connectivity index (χ2v) is 9.04. The maximum atomic E-state index is 12.7. The number of carbonyl (C=O) groups excluding carboxylic acids is 2. The van der Waals surface area contributed by atoms with E-state index < -0.39 is 0 Å². The predicted octanol–water partition coefficient (Wildman–Crippen LogP) is 5.71. The van der Waals surface area contributed by atoms with Crippen molar-refractivity contribution in [3.63, 3.8) is 0 Å². The number of anilines is 1. The Morgan fingerprint density at radius 1 is 0.788 bits per heavy atom. The van der Waals surface area contributed by atoms with E-state index in [2.05, 4.69) is 36.4 Å². The van der Waals surface area contributed by atoms with Crippen LogP contribution >= 0.6 is 0 Å².